The first kappa shape index (κ1) is 12.4. The summed E-state index contributed by atoms with van der Waals surface area (Å²) in [6.45, 7) is 8.48. The van der Waals surface area contributed by atoms with Gasteiger partial charge in [0.1, 0.15) is 5.78 Å². The zero-order valence-electron chi connectivity index (χ0n) is 10.0. The molecule has 0 aromatic heterocycles. The van der Waals surface area contributed by atoms with Gasteiger partial charge < -0.3 is 5.73 Å². The monoisotopic (exact) mass is 209 g/mol. The van der Waals surface area contributed by atoms with Gasteiger partial charge in [0.25, 0.3) is 0 Å². The lowest BCUT2D eigenvalue weighted by Crippen LogP contribution is -2.41. The first-order valence-corrected chi connectivity index (χ1v) is 5.88. The van der Waals surface area contributed by atoms with Crippen LogP contribution in [0.15, 0.2) is 12.2 Å². The highest BCUT2D eigenvalue weighted by atomic mass is 16.1. The number of hydrogen-bond acceptors (Lipinski definition) is 2. The molecule has 0 aromatic rings. The summed E-state index contributed by atoms with van der Waals surface area (Å²) in [6, 6.07) is 0. The van der Waals surface area contributed by atoms with E-state index in [9.17, 15) is 4.79 Å². The second-order valence-corrected chi connectivity index (χ2v) is 5.22. The average Bonchev–Trinajstić information content (AvgIpc) is 2.18. The van der Waals surface area contributed by atoms with Crippen molar-refractivity contribution in [3.63, 3.8) is 0 Å². The van der Waals surface area contributed by atoms with E-state index in [0.717, 1.165) is 37.2 Å². The number of ketones is 1. The third kappa shape index (κ3) is 2.91. The molecule has 2 nitrogen and oxygen atoms in total. The van der Waals surface area contributed by atoms with Crippen LogP contribution in [0.1, 0.15) is 46.0 Å². The van der Waals surface area contributed by atoms with Crippen LogP contribution in [0.4, 0.5) is 0 Å². The summed E-state index contributed by atoms with van der Waals surface area (Å²) >= 11 is 0. The lowest BCUT2D eigenvalue weighted by Gasteiger charge is -2.37. The van der Waals surface area contributed by atoms with Crippen molar-refractivity contribution >= 4 is 5.78 Å². The summed E-state index contributed by atoms with van der Waals surface area (Å²) in [6.07, 6.45) is 4.72. The number of hydrogen-bond donors (Lipinski definition) is 1. The number of allylic oxidation sites excluding steroid dienone is 1. The highest BCUT2D eigenvalue weighted by Crippen LogP contribution is 2.39. The van der Waals surface area contributed by atoms with Gasteiger partial charge in [0.05, 0.1) is 0 Å². The van der Waals surface area contributed by atoms with E-state index in [1.165, 1.54) is 0 Å². The molecular weight excluding hydrogens is 186 g/mol. The minimum absolute atomic E-state index is 0.231. The van der Waals surface area contributed by atoms with Crippen molar-refractivity contribution in [1.82, 2.24) is 0 Å². The van der Waals surface area contributed by atoms with E-state index in [1.54, 1.807) is 0 Å². The molecule has 0 saturated heterocycles. The SMILES string of the molecule is C=C(C)CC(=O)C1(CN)CCC(C)CC1. The zero-order chi connectivity index (χ0) is 11.5. The Hall–Kier alpha value is -0.630. The highest BCUT2D eigenvalue weighted by molar-refractivity contribution is 5.87. The molecule has 2 heteroatoms. The molecular formula is C13H23NO. The van der Waals surface area contributed by atoms with Crippen molar-refractivity contribution in [2.24, 2.45) is 17.1 Å². The molecule has 0 aromatic carbocycles. The highest BCUT2D eigenvalue weighted by Gasteiger charge is 2.38. The van der Waals surface area contributed by atoms with Crippen LogP contribution in [0.5, 0.6) is 0 Å². The summed E-state index contributed by atoms with van der Waals surface area (Å²) in [4.78, 5) is 12.1. The van der Waals surface area contributed by atoms with Gasteiger partial charge in [0, 0.05) is 18.4 Å². The minimum Gasteiger partial charge on any atom is -0.329 e. The van der Waals surface area contributed by atoms with Gasteiger partial charge in [-0.1, -0.05) is 19.1 Å². The summed E-state index contributed by atoms with van der Waals surface area (Å²) in [7, 11) is 0. The fraction of sp³-hybridized carbons (Fsp3) is 0.769. The minimum atomic E-state index is -0.231. The third-order valence-electron chi connectivity index (χ3n) is 3.68. The Bertz CT molecular complexity index is 249. The summed E-state index contributed by atoms with van der Waals surface area (Å²) in [5, 5.41) is 0. The Morgan fingerprint density at radius 3 is 2.40 bits per heavy atom. The van der Waals surface area contributed by atoms with Crippen LogP contribution in [-0.2, 0) is 4.79 Å². The second-order valence-electron chi connectivity index (χ2n) is 5.22. The van der Waals surface area contributed by atoms with Gasteiger partial charge in [0.15, 0.2) is 0 Å². The van der Waals surface area contributed by atoms with Crippen molar-refractivity contribution < 1.29 is 4.79 Å². The first-order valence-electron chi connectivity index (χ1n) is 5.88. The largest absolute Gasteiger partial charge is 0.329 e. The third-order valence-corrected chi connectivity index (χ3v) is 3.68. The van der Waals surface area contributed by atoms with Gasteiger partial charge in [-0.25, -0.2) is 0 Å². The number of carbonyl (C=O) groups excluding carboxylic acids is 1. The quantitative estimate of drug-likeness (QED) is 0.723. The van der Waals surface area contributed by atoms with Crippen LogP contribution < -0.4 is 5.73 Å². The van der Waals surface area contributed by atoms with E-state index in [2.05, 4.69) is 13.5 Å². The van der Waals surface area contributed by atoms with Crippen LogP contribution in [0.3, 0.4) is 0 Å². The lowest BCUT2D eigenvalue weighted by molar-refractivity contribution is -0.129. The standard InChI is InChI=1S/C13H23NO/c1-10(2)8-12(15)13(9-14)6-4-11(3)5-7-13/h11H,1,4-9,14H2,2-3H3. The topological polar surface area (TPSA) is 43.1 Å². The predicted molar refractivity (Wildman–Crippen MR) is 63.6 cm³/mol. The molecule has 1 aliphatic carbocycles. The van der Waals surface area contributed by atoms with Gasteiger partial charge in [-0.05, 0) is 38.5 Å². The summed E-state index contributed by atoms with van der Waals surface area (Å²) in [5.41, 5.74) is 6.53. The molecule has 0 amide bonds. The predicted octanol–water partition coefficient (Wildman–Crippen LogP) is 2.68. The molecule has 0 bridgehead atoms. The van der Waals surface area contributed by atoms with Crippen LogP contribution in [-0.4, -0.2) is 12.3 Å². The Labute approximate surface area is 92.9 Å². The Morgan fingerprint density at radius 2 is 2.00 bits per heavy atom. The van der Waals surface area contributed by atoms with E-state index < -0.39 is 0 Å². The molecule has 0 atom stereocenters. The van der Waals surface area contributed by atoms with E-state index in [-0.39, 0.29) is 5.41 Å². The molecule has 86 valence electrons. The lowest BCUT2D eigenvalue weighted by atomic mass is 9.67. The molecule has 0 heterocycles. The maximum absolute atomic E-state index is 12.1. The van der Waals surface area contributed by atoms with Gasteiger partial charge in [-0.3, -0.25) is 4.79 Å². The van der Waals surface area contributed by atoms with Gasteiger partial charge in [-0.15, -0.1) is 0 Å². The molecule has 0 radical (unpaired) electrons. The second kappa shape index (κ2) is 4.93. The van der Waals surface area contributed by atoms with Crippen molar-refractivity contribution in [1.29, 1.82) is 0 Å². The molecule has 15 heavy (non-hydrogen) atoms. The molecule has 0 spiro atoms. The average molecular weight is 209 g/mol. The Balaban J connectivity index is 2.68. The number of rotatable bonds is 4. The molecule has 0 unspecified atom stereocenters. The van der Waals surface area contributed by atoms with Crippen molar-refractivity contribution in [2.45, 2.75) is 46.0 Å². The van der Waals surface area contributed by atoms with Crippen LogP contribution in [0.2, 0.25) is 0 Å². The van der Waals surface area contributed by atoms with E-state index >= 15 is 0 Å². The Kier molecular flexibility index (Phi) is 4.09. The Morgan fingerprint density at radius 1 is 1.47 bits per heavy atom. The number of carbonyl (C=O) groups is 1. The molecule has 2 N–H and O–H groups in total. The normalized spacial score (nSPS) is 31.3. The van der Waals surface area contributed by atoms with Crippen molar-refractivity contribution in [3.05, 3.63) is 12.2 Å². The molecule has 1 aliphatic rings. The van der Waals surface area contributed by atoms with E-state index in [0.29, 0.717) is 18.7 Å². The molecule has 1 fully saturated rings. The maximum atomic E-state index is 12.1. The summed E-state index contributed by atoms with van der Waals surface area (Å²) < 4.78 is 0. The fourth-order valence-corrected chi connectivity index (χ4v) is 2.37. The first-order chi connectivity index (χ1) is 7.00. The van der Waals surface area contributed by atoms with Crippen LogP contribution in [0, 0.1) is 11.3 Å². The van der Waals surface area contributed by atoms with Crippen molar-refractivity contribution in [3.8, 4) is 0 Å². The smallest absolute Gasteiger partial charge is 0.144 e. The maximum Gasteiger partial charge on any atom is 0.144 e. The van der Waals surface area contributed by atoms with E-state index in [4.69, 9.17) is 5.73 Å². The summed E-state index contributed by atoms with van der Waals surface area (Å²) in [5.74, 6) is 1.06. The molecule has 0 aliphatic heterocycles. The molecule has 1 rings (SSSR count). The van der Waals surface area contributed by atoms with Gasteiger partial charge in [0.2, 0.25) is 0 Å². The van der Waals surface area contributed by atoms with Crippen molar-refractivity contribution in [2.75, 3.05) is 6.54 Å². The number of Topliss-reactive ketones (excluding diaryl/α,β-unsaturated/α-hetero) is 1. The molecule has 1 saturated carbocycles. The van der Waals surface area contributed by atoms with Crippen LogP contribution in [0.25, 0.3) is 0 Å². The van der Waals surface area contributed by atoms with Crippen LogP contribution >= 0.6 is 0 Å². The zero-order valence-corrected chi connectivity index (χ0v) is 10.0. The van der Waals surface area contributed by atoms with E-state index in [1.807, 2.05) is 6.92 Å². The fourth-order valence-electron chi connectivity index (χ4n) is 2.37. The van der Waals surface area contributed by atoms with Gasteiger partial charge in [-0.2, -0.15) is 0 Å². The van der Waals surface area contributed by atoms with Gasteiger partial charge >= 0.3 is 0 Å². The number of nitrogens with two attached hydrogens (primary N) is 1.